The molecule has 0 saturated heterocycles. The Balaban J connectivity index is 2.52. The number of hydrogen-bond donors (Lipinski definition) is 1. The van der Waals surface area contributed by atoms with Crippen LogP contribution < -0.4 is 10.5 Å². The van der Waals surface area contributed by atoms with Crippen LogP contribution in [0, 0.1) is 0 Å². The highest BCUT2D eigenvalue weighted by molar-refractivity contribution is 6.36. The third kappa shape index (κ3) is 2.83. The normalized spacial score (nSPS) is 10.3. The summed E-state index contributed by atoms with van der Waals surface area (Å²) in [6.07, 6.45) is 0. The zero-order valence-corrected chi connectivity index (χ0v) is 11.6. The van der Waals surface area contributed by atoms with Gasteiger partial charge in [0.2, 0.25) is 0 Å². The first kappa shape index (κ1) is 13.7. The predicted molar refractivity (Wildman–Crippen MR) is 77.3 cm³/mol. The topological polar surface area (TPSA) is 52.3 Å². The van der Waals surface area contributed by atoms with E-state index in [2.05, 4.69) is 0 Å². The number of rotatable bonds is 3. The van der Waals surface area contributed by atoms with Crippen molar-refractivity contribution in [2.75, 3.05) is 12.8 Å². The first-order chi connectivity index (χ1) is 9.02. The SMILES string of the molecule is COc1c(Cl)cc(Cl)cc1C(=O)c1ccc(N)cc1. The van der Waals surface area contributed by atoms with Crippen LogP contribution in [-0.4, -0.2) is 12.9 Å². The van der Waals surface area contributed by atoms with Crippen LogP contribution in [0.3, 0.4) is 0 Å². The zero-order chi connectivity index (χ0) is 14.0. The van der Waals surface area contributed by atoms with Crippen molar-refractivity contribution in [3.63, 3.8) is 0 Å². The van der Waals surface area contributed by atoms with E-state index in [9.17, 15) is 4.79 Å². The van der Waals surface area contributed by atoms with Gasteiger partial charge in [-0.15, -0.1) is 0 Å². The van der Waals surface area contributed by atoms with Gasteiger partial charge < -0.3 is 10.5 Å². The van der Waals surface area contributed by atoms with Crippen LogP contribution in [0.1, 0.15) is 15.9 Å². The van der Waals surface area contributed by atoms with E-state index in [0.717, 1.165) is 0 Å². The maximum absolute atomic E-state index is 12.4. The second kappa shape index (κ2) is 5.51. The van der Waals surface area contributed by atoms with E-state index < -0.39 is 0 Å². The predicted octanol–water partition coefficient (Wildman–Crippen LogP) is 3.82. The molecule has 98 valence electrons. The molecule has 0 spiro atoms. The number of ketones is 1. The van der Waals surface area contributed by atoms with Gasteiger partial charge in [-0.25, -0.2) is 0 Å². The second-order valence-electron chi connectivity index (χ2n) is 3.92. The minimum Gasteiger partial charge on any atom is -0.494 e. The molecule has 0 unspecified atom stereocenters. The number of nitrogens with two attached hydrogens (primary N) is 1. The fourth-order valence-corrected chi connectivity index (χ4v) is 2.30. The smallest absolute Gasteiger partial charge is 0.196 e. The zero-order valence-electron chi connectivity index (χ0n) is 10.1. The molecule has 0 fully saturated rings. The first-order valence-corrected chi connectivity index (χ1v) is 6.22. The maximum atomic E-state index is 12.4. The molecule has 0 aliphatic rings. The molecule has 2 N–H and O–H groups in total. The third-order valence-corrected chi connectivity index (χ3v) is 3.13. The summed E-state index contributed by atoms with van der Waals surface area (Å²) in [7, 11) is 1.45. The van der Waals surface area contributed by atoms with E-state index in [4.69, 9.17) is 33.7 Å². The van der Waals surface area contributed by atoms with Gasteiger partial charge in [0.25, 0.3) is 0 Å². The fraction of sp³-hybridized carbons (Fsp3) is 0.0714. The van der Waals surface area contributed by atoms with Gasteiger partial charge in [0, 0.05) is 16.3 Å². The lowest BCUT2D eigenvalue weighted by Crippen LogP contribution is -2.04. The molecule has 0 aliphatic carbocycles. The lowest BCUT2D eigenvalue weighted by atomic mass is 10.0. The first-order valence-electron chi connectivity index (χ1n) is 5.46. The average molecular weight is 296 g/mol. The van der Waals surface area contributed by atoms with E-state index in [-0.39, 0.29) is 5.78 Å². The molecule has 0 amide bonds. The Morgan fingerprint density at radius 3 is 2.37 bits per heavy atom. The third-order valence-electron chi connectivity index (χ3n) is 2.63. The van der Waals surface area contributed by atoms with Crippen LogP contribution in [0.15, 0.2) is 36.4 Å². The molecule has 2 rings (SSSR count). The number of hydrogen-bond acceptors (Lipinski definition) is 3. The molecule has 2 aromatic carbocycles. The molecule has 2 aromatic rings. The molecule has 5 heteroatoms. The van der Waals surface area contributed by atoms with Gasteiger partial charge in [0.15, 0.2) is 5.78 Å². The minimum atomic E-state index is -0.221. The Bertz CT molecular complexity index is 624. The van der Waals surface area contributed by atoms with Crippen molar-refractivity contribution < 1.29 is 9.53 Å². The van der Waals surface area contributed by atoms with Gasteiger partial charge in [0.1, 0.15) is 5.75 Å². The summed E-state index contributed by atoms with van der Waals surface area (Å²) >= 11 is 11.9. The summed E-state index contributed by atoms with van der Waals surface area (Å²) in [5, 5.41) is 0.679. The fourth-order valence-electron chi connectivity index (χ4n) is 1.73. The monoisotopic (exact) mass is 295 g/mol. The molecule has 19 heavy (non-hydrogen) atoms. The quantitative estimate of drug-likeness (QED) is 0.692. The molecule has 0 aromatic heterocycles. The number of ether oxygens (including phenoxy) is 1. The highest BCUT2D eigenvalue weighted by Crippen LogP contribution is 2.33. The van der Waals surface area contributed by atoms with Crippen molar-refractivity contribution in [2.24, 2.45) is 0 Å². The van der Waals surface area contributed by atoms with E-state index in [1.54, 1.807) is 24.3 Å². The summed E-state index contributed by atoms with van der Waals surface area (Å²) in [6, 6.07) is 9.67. The second-order valence-corrected chi connectivity index (χ2v) is 4.76. The van der Waals surface area contributed by atoms with E-state index in [1.807, 2.05) is 0 Å². The van der Waals surface area contributed by atoms with Crippen molar-refractivity contribution >= 4 is 34.7 Å². The maximum Gasteiger partial charge on any atom is 0.196 e. The summed E-state index contributed by atoms with van der Waals surface area (Å²) in [6.45, 7) is 0. The highest BCUT2D eigenvalue weighted by Gasteiger charge is 2.18. The van der Waals surface area contributed by atoms with E-state index in [0.29, 0.717) is 32.6 Å². The minimum absolute atomic E-state index is 0.221. The largest absolute Gasteiger partial charge is 0.494 e. The van der Waals surface area contributed by atoms with Crippen LogP contribution in [0.4, 0.5) is 5.69 Å². The van der Waals surface area contributed by atoms with Crippen molar-refractivity contribution in [1.29, 1.82) is 0 Å². The van der Waals surface area contributed by atoms with Gasteiger partial charge in [-0.1, -0.05) is 23.2 Å². The van der Waals surface area contributed by atoms with Crippen molar-refractivity contribution in [3.05, 3.63) is 57.6 Å². The summed E-state index contributed by atoms with van der Waals surface area (Å²) in [5.41, 5.74) is 7.00. The number of halogens is 2. The summed E-state index contributed by atoms with van der Waals surface area (Å²) in [4.78, 5) is 12.4. The van der Waals surface area contributed by atoms with Crippen LogP contribution >= 0.6 is 23.2 Å². The molecular formula is C14H11Cl2NO2. The van der Waals surface area contributed by atoms with E-state index >= 15 is 0 Å². The van der Waals surface area contributed by atoms with Crippen LogP contribution in [0.25, 0.3) is 0 Å². The number of benzene rings is 2. The van der Waals surface area contributed by atoms with Gasteiger partial charge in [-0.05, 0) is 36.4 Å². The van der Waals surface area contributed by atoms with Gasteiger partial charge in [0.05, 0.1) is 17.7 Å². The number of carbonyl (C=O) groups is 1. The van der Waals surface area contributed by atoms with E-state index in [1.165, 1.54) is 19.2 Å². The molecule has 3 nitrogen and oxygen atoms in total. The molecule has 0 bridgehead atoms. The average Bonchev–Trinajstić information content (AvgIpc) is 2.38. The lowest BCUT2D eigenvalue weighted by Gasteiger charge is -2.10. The van der Waals surface area contributed by atoms with Crippen molar-refractivity contribution in [2.45, 2.75) is 0 Å². The van der Waals surface area contributed by atoms with Gasteiger partial charge >= 0.3 is 0 Å². The van der Waals surface area contributed by atoms with Crippen LogP contribution in [0.2, 0.25) is 10.0 Å². The Morgan fingerprint density at radius 1 is 1.16 bits per heavy atom. The summed E-state index contributed by atoms with van der Waals surface area (Å²) < 4.78 is 5.16. The molecule has 0 atom stereocenters. The van der Waals surface area contributed by atoms with Crippen LogP contribution in [0.5, 0.6) is 5.75 Å². The molecule has 0 radical (unpaired) electrons. The number of methoxy groups -OCH3 is 1. The molecule has 0 aliphatic heterocycles. The Hall–Kier alpha value is -1.71. The van der Waals surface area contributed by atoms with Crippen LogP contribution in [-0.2, 0) is 0 Å². The standard InChI is InChI=1S/C14H11Cl2NO2/c1-19-14-11(6-9(15)7-12(14)16)13(18)8-2-4-10(17)5-3-8/h2-7H,17H2,1H3. The Labute approximate surface area is 120 Å². The van der Waals surface area contributed by atoms with Gasteiger partial charge in [-0.2, -0.15) is 0 Å². The summed E-state index contributed by atoms with van der Waals surface area (Å²) in [5.74, 6) is 0.0918. The van der Waals surface area contributed by atoms with Gasteiger partial charge in [-0.3, -0.25) is 4.79 Å². The van der Waals surface area contributed by atoms with Crippen molar-refractivity contribution in [1.82, 2.24) is 0 Å². The number of carbonyl (C=O) groups excluding carboxylic acids is 1. The lowest BCUT2D eigenvalue weighted by molar-refractivity contribution is 0.103. The Morgan fingerprint density at radius 2 is 1.79 bits per heavy atom. The molecular weight excluding hydrogens is 285 g/mol. The molecule has 0 heterocycles. The number of nitrogen functional groups attached to an aromatic ring is 1. The number of anilines is 1. The highest BCUT2D eigenvalue weighted by atomic mass is 35.5. The Kier molecular flexibility index (Phi) is 3.98. The van der Waals surface area contributed by atoms with Crippen molar-refractivity contribution in [3.8, 4) is 5.75 Å². The molecule has 0 saturated carbocycles.